The molecule has 0 radical (unpaired) electrons. The van der Waals surface area contributed by atoms with Gasteiger partial charge in [0.25, 0.3) is 0 Å². The third-order valence-electron chi connectivity index (χ3n) is 3.97. The van der Waals surface area contributed by atoms with E-state index in [-0.39, 0.29) is 5.56 Å². The molecule has 7 heteroatoms. The highest BCUT2D eigenvalue weighted by molar-refractivity contribution is 7.21. The second-order valence-corrected chi connectivity index (χ2v) is 6.67. The Kier molecular flexibility index (Phi) is 3.32. The Hall–Kier alpha value is -3.45. The van der Waals surface area contributed by atoms with E-state index >= 15 is 0 Å². The lowest BCUT2D eigenvalue weighted by Crippen LogP contribution is -2.06. The molecule has 1 aromatic carbocycles. The Morgan fingerprint density at radius 2 is 1.69 bits per heavy atom. The van der Waals surface area contributed by atoms with Gasteiger partial charge in [0.2, 0.25) is 5.56 Å². The molecule has 0 amide bonds. The number of hydrogen-bond donors (Lipinski definition) is 1. The van der Waals surface area contributed by atoms with Crippen LogP contribution in [0.15, 0.2) is 65.6 Å². The summed E-state index contributed by atoms with van der Waals surface area (Å²) in [7, 11) is 0. The van der Waals surface area contributed by atoms with Gasteiger partial charge < -0.3 is 4.98 Å². The van der Waals surface area contributed by atoms with E-state index < -0.39 is 0 Å². The number of aromatic amines is 1. The Balaban J connectivity index is 1.84. The Labute approximate surface area is 151 Å². The highest BCUT2D eigenvalue weighted by Gasteiger charge is 2.17. The van der Waals surface area contributed by atoms with Gasteiger partial charge in [-0.3, -0.25) is 4.79 Å². The maximum atomic E-state index is 11.7. The third-order valence-corrected chi connectivity index (χ3v) is 4.96. The molecule has 0 saturated heterocycles. The summed E-state index contributed by atoms with van der Waals surface area (Å²) in [6.45, 7) is 0. The molecule has 0 atom stereocenters. The normalized spacial score (nSPS) is 11.2. The van der Waals surface area contributed by atoms with Crippen LogP contribution < -0.4 is 5.56 Å². The smallest absolute Gasteiger partial charge is 0.249 e. The summed E-state index contributed by atoms with van der Waals surface area (Å²) in [5.41, 5.74) is 3.97. The van der Waals surface area contributed by atoms with E-state index in [0.717, 1.165) is 20.9 Å². The van der Waals surface area contributed by atoms with E-state index in [4.69, 9.17) is 4.98 Å². The van der Waals surface area contributed by atoms with Crippen LogP contribution in [0, 0.1) is 0 Å². The van der Waals surface area contributed by atoms with Crippen molar-refractivity contribution in [2.75, 3.05) is 0 Å². The fourth-order valence-corrected chi connectivity index (χ4v) is 3.69. The number of aromatic nitrogens is 5. The van der Waals surface area contributed by atoms with Crippen molar-refractivity contribution in [1.29, 1.82) is 0 Å². The molecule has 0 aliphatic rings. The van der Waals surface area contributed by atoms with Crippen LogP contribution >= 0.6 is 11.3 Å². The van der Waals surface area contributed by atoms with Gasteiger partial charge in [0, 0.05) is 17.8 Å². The number of rotatable bonds is 2. The first-order chi connectivity index (χ1) is 12.8. The largest absolute Gasteiger partial charge is 0.305 e. The average molecular weight is 357 g/mol. The fraction of sp³-hybridized carbons (Fsp3) is 0. The van der Waals surface area contributed by atoms with Crippen molar-refractivity contribution in [3.63, 3.8) is 0 Å². The molecule has 1 N–H and O–H groups in total. The summed E-state index contributed by atoms with van der Waals surface area (Å²) in [5, 5.41) is 0.748. The van der Waals surface area contributed by atoms with Crippen molar-refractivity contribution in [1.82, 2.24) is 24.9 Å². The topological polar surface area (TPSA) is 84.4 Å². The molecule has 5 aromatic rings. The van der Waals surface area contributed by atoms with Crippen molar-refractivity contribution in [2.24, 2.45) is 0 Å². The number of benzene rings is 1. The number of thiazole rings is 1. The van der Waals surface area contributed by atoms with Crippen LogP contribution in [0.3, 0.4) is 0 Å². The molecule has 5 rings (SSSR count). The SMILES string of the molecule is O=c1ccc2nc(-c3nc4cccnc4s3)c(-c3ccccc3)nc2[nH]1. The predicted octanol–water partition coefficient (Wildman–Crippen LogP) is 3.66. The van der Waals surface area contributed by atoms with Gasteiger partial charge in [0.15, 0.2) is 5.65 Å². The second kappa shape index (κ2) is 5.82. The van der Waals surface area contributed by atoms with E-state index in [1.165, 1.54) is 17.4 Å². The number of nitrogens with zero attached hydrogens (tertiary/aromatic N) is 4. The highest BCUT2D eigenvalue weighted by Crippen LogP contribution is 2.34. The van der Waals surface area contributed by atoms with Crippen molar-refractivity contribution in [3.8, 4) is 22.0 Å². The lowest BCUT2D eigenvalue weighted by Gasteiger charge is -2.07. The van der Waals surface area contributed by atoms with E-state index in [0.29, 0.717) is 22.6 Å². The standard InChI is InChI=1S/C19H11N5OS/c25-14-9-8-12-17(23-14)24-15(11-5-2-1-3-6-11)16(21-12)19-22-13-7-4-10-20-18(13)26-19/h1-10H,(H,23,24,25). The lowest BCUT2D eigenvalue weighted by atomic mass is 10.1. The summed E-state index contributed by atoms with van der Waals surface area (Å²) in [6, 6.07) is 16.7. The molecule has 124 valence electrons. The minimum atomic E-state index is -0.206. The van der Waals surface area contributed by atoms with Gasteiger partial charge in [0.1, 0.15) is 32.3 Å². The van der Waals surface area contributed by atoms with E-state index in [1.54, 1.807) is 12.3 Å². The number of H-pyrrole nitrogens is 1. The minimum Gasteiger partial charge on any atom is -0.305 e. The van der Waals surface area contributed by atoms with Crippen LogP contribution in [0.1, 0.15) is 0 Å². The Bertz CT molecular complexity index is 1280. The maximum absolute atomic E-state index is 11.7. The first-order valence-electron chi connectivity index (χ1n) is 7.96. The Morgan fingerprint density at radius 1 is 0.808 bits per heavy atom. The molecule has 6 nitrogen and oxygen atoms in total. The molecular formula is C19H11N5OS. The van der Waals surface area contributed by atoms with Gasteiger partial charge in [-0.25, -0.2) is 19.9 Å². The van der Waals surface area contributed by atoms with Crippen LogP contribution in [0.5, 0.6) is 0 Å². The zero-order valence-corrected chi connectivity index (χ0v) is 14.2. The van der Waals surface area contributed by atoms with E-state index in [9.17, 15) is 4.79 Å². The van der Waals surface area contributed by atoms with Crippen molar-refractivity contribution >= 4 is 32.8 Å². The second-order valence-electron chi connectivity index (χ2n) is 5.69. The van der Waals surface area contributed by atoms with Gasteiger partial charge in [-0.15, -0.1) is 0 Å². The van der Waals surface area contributed by atoms with Crippen LogP contribution in [0.4, 0.5) is 0 Å². The van der Waals surface area contributed by atoms with Crippen LogP contribution in [0.25, 0.3) is 43.5 Å². The molecular weight excluding hydrogens is 346 g/mol. The highest BCUT2D eigenvalue weighted by atomic mass is 32.1. The number of hydrogen-bond acceptors (Lipinski definition) is 6. The molecule has 0 bridgehead atoms. The summed E-state index contributed by atoms with van der Waals surface area (Å²) in [5.74, 6) is 0. The number of fused-ring (bicyclic) bond motifs is 2. The number of pyridine rings is 2. The van der Waals surface area contributed by atoms with Gasteiger partial charge in [0.05, 0.1) is 0 Å². The zero-order chi connectivity index (χ0) is 17.5. The van der Waals surface area contributed by atoms with E-state index in [1.807, 2.05) is 42.5 Å². The molecule has 4 aromatic heterocycles. The Morgan fingerprint density at radius 3 is 2.54 bits per heavy atom. The zero-order valence-electron chi connectivity index (χ0n) is 13.4. The predicted molar refractivity (Wildman–Crippen MR) is 102 cm³/mol. The molecule has 0 spiro atoms. The third kappa shape index (κ3) is 2.46. The molecule has 0 fully saturated rings. The van der Waals surface area contributed by atoms with Gasteiger partial charge in [-0.2, -0.15) is 0 Å². The van der Waals surface area contributed by atoms with Crippen molar-refractivity contribution in [2.45, 2.75) is 0 Å². The van der Waals surface area contributed by atoms with Gasteiger partial charge in [-0.1, -0.05) is 41.7 Å². The molecule has 0 aliphatic heterocycles. The molecule has 0 unspecified atom stereocenters. The van der Waals surface area contributed by atoms with Crippen LogP contribution in [-0.4, -0.2) is 24.9 Å². The molecule has 0 aliphatic carbocycles. The molecule has 0 saturated carbocycles. The van der Waals surface area contributed by atoms with E-state index in [2.05, 4.69) is 19.9 Å². The van der Waals surface area contributed by atoms with Gasteiger partial charge >= 0.3 is 0 Å². The van der Waals surface area contributed by atoms with Crippen LogP contribution in [-0.2, 0) is 0 Å². The molecule has 26 heavy (non-hydrogen) atoms. The van der Waals surface area contributed by atoms with Crippen molar-refractivity contribution < 1.29 is 0 Å². The number of nitrogens with one attached hydrogen (secondary N) is 1. The summed E-state index contributed by atoms with van der Waals surface area (Å²) < 4.78 is 0. The molecule has 4 heterocycles. The monoisotopic (exact) mass is 357 g/mol. The summed E-state index contributed by atoms with van der Waals surface area (Å²) >= 11 is 1.47. The quantitative estimate of drug-likeness (QED) is 0.521. The lowest BCUT2D eigenvalue weighted by molar-refractivity contribution is 1.19. The minimum absolute atomic E-state index is 0.206. The fourth-order valence-electron chi connectivity index (χ4n) is 2.79. The maximum Gasteiger partial charge on any atom is 0.249 e. The summed E-state index contributed by atoms with van der Waals surface area (Å²) in [4.78, 5) is 33.7. The summed E-state index contributed by atoms with van der Waals surface area (Å²) in [6.07, 6.45) is 1.75. The van der Waals surface area contributed by atoms with Crippen molar-refractivity contribution in [3.05, 3.63) is 71.1 Å². The first kappa shape index (κ1) is 14.9. The van der Waals surface area contributed by atoms with Crippen LogP contribution in [0.2, 0.25) is 0 Å². The average Bonchev–Trinajstić information content (AvgIpc) is 3.11. The van der Waals surface area contributed by atoms with Gasteiger partial charge in [-0.05, 0) is 18.2 Å². The first-order valence-corrected chi connectivity index (χ1v) is 8.78.